The molecule has 2 N–H and O–H groups in total. The number of alkyl halides is 1. The third-order valence-corrected chi connectivity index (χ3v) is 9.41. The van der Waals surface area contributed by atoms with Crippen LogP contribution in [-0.2, 0) is 6.42 Å². The van der Waals surface area contributed by atoms with Gasteiger partial charge in [-0.2, -0.15) is 9.97 Å². The maximum absolute atomic E-state index is 16.8. The summed E-state index contributed by atoms with van der Waals surface area (Å²) in [6.07, 6.45) is 2.98. The Kier molecular flexibility index (Phi) is 6.24. The summed E-state index contributed by atoms with van der Waals surface area (Å²) in [7, 11) is 0. The number of benzene rings is 2. The van der Waals surface area contributed by atoms with E-state index >= 15 is 4.39 Å². The van der Waals surface area contributed by atoms with Gasteiger partial charge in [-0.05, 0) is 80.0 Å². The number of phenolic OH excluding ortho intramolecular Hbond substituents is 1. The Balaban J connectivity index is 1.38. The van der Waals surface area contributed by atoms with E-state index in [1.807, 2.05) is 0 Å². The topological polar surface area (TPSA) is 94.8 Å². The highest BCUT2D eigenvalue weighted by atomic mass is 19.1. The molecule has 0 saturated carbocycles. The van der Waals surface area contributed by atoms with E-state index in [1.165, 1.54) is 30.5 Å². The number of hydrogen-bond donors (Lipinski definition) is 2. The zero-order valence-corrected chi connectivity index (χ0v) is 24.4. The minimum absolute atomic E-state index is 0.0484. The van der Waals surface area contributed by atoms with Crippen LogP contribution >= 0.6 is 0 Å². The molecule has 2 aromatic carbocycles. The van der Waals surface area contributed by atoms with Crippen molar-refractivity contribution in [3.63, 3.8) is 0 Å². The second kappa shape index (κ2) is 10.7. The monoisotopic (exact) mass is 610 g/mol. The van der Waals surface area contributed by atoms with E-state index in [0.717, 1.165) is 19.4 Å². The number of anilines is 1. The van der Waals surface area contributed by atoms with Crippen molar-refractivity contribution >= 4 is 27.5 Å². The van der Waals surface area contributed by atoms with Crippen molar-refractivity contribution in [2.24, 2.45) is 0 Å². The Bertz CT molecular complexity index is 1880. The summed E-state index contributed by atoms with van der Waals surface area (Å²) in [6, 6.07) is 5.44. The van der Waals surface area contributed by atoms with Crippen molar-refractivity contribution in [1.82, 2.24) is 19.9 Å². The second-order valence-corrected chi connectivity index (χ2v) is 12.4. The van der Waals surface area contributed by atoms with Gasteiger partial charge in [-0.3, -0.25) is 9.88 Å². The number of halogens is 3. The Hall–Kier alpha value is -3.70. The van der Waals surface area contributed by atoms with E-state index in [9.17, 15) is 19.0 Å². The number of aliphatic hydroxyl groups is 1. The molecule has 3 saturated heterocycles. The van der Waals surface area contributed by atoms with Gasteiger partial charge in [-0.1, -0.05) is 13.0 Å². The first-order chi connectivity index (χ1) is 22.3. The summed E-state index contributed by atoms with van der Waals surface area (Å²) in [5, 5.41) is 22.8. The van der Waals surface area contributed by atoms with E-state index in [0.29, 0.717) is 48.7 Å². The van der Waals surface area contributed by atoms with Gasteiger partial charge in [0.2, 0.25) is 0 Å². The maximum Gasteiger partial charge on any atom is 0.319 e. The number of aryl methyl sites for hydroxylation is 1. The molecule has 3 fully saturated rings. The quantitative estimate of drug-likeness (QED) is 0.287. The number of nitrogens with zero attached hydrogens (tertiary/aromatic N) is 5. The molecule has 0 spiro atoms. The van der Waals surface area contributed by atoms with Crippen molar-refractivity contribution in [3.8, 4) is 23.0 Å². The van der Waals surface area contributed by atoms with Crippen molar-refractivity contribution in [2.45, 2.75) is 69.6 Å². The minimum Gasteiger partial charge on any atom is -0.508 e. The van der Waals surface area contributed by atoms with Crippen LogP contribution in [0.3, 0.4) is 0 Å². The molecular formula is C33H36F3N5O3. The Labute approximate surface area is 257 Å². The van der Waals surface area contributed by atoms with Crippen molar-refractivity contribution in [3.05, 3.63) is 47.7 Å². The number of rotatable bonds is 6. The number of hydrogen-bond acceptors (Lipinski definition) is 8. The van der Waals surface area contributed by atoms with E-state index in [2.05, 4.69) is 19.9 Å². The first-order valence-corrected chi connectivity index (χ1v) is 15.1. The van der Waals surface area contributed by atoms with Crippen LogP contribution < -0.4 is 9.64 Å². The van der Waals surface area contributed by atoms with Crippen LogP contribution in [0, 0.1) is 11.6 Å². The van der Waals surface area contributed by atoms with Gasteiger partial charge in [-0.15, -0.1) is 0 Å². The van der Waals surface area contributed by atoms with Gasteiger partial charge < -0.3 is 19.8 Å². The summed E-state index contributed by atoms with van der Waals surface area (Å²) < 4.78 is 76.3. The standard InChI is InChI=1S/C33H36F3N5O3/c1-3-22-25(35)7-6-19-12-21(42)13-23(26(19)22)28-27(36)29-24(15-37-28)30(40-10-4-8-32(2,43)17-40)39-31(38-29)44-18-33-9-5-11-41(33)16-20(34)14-33/h6-7,12-13,15,20,42-43H,3-5,8-11,14,16-18H2,1-2H3/t20-,32-,33+/m1/s1/i2D3. The van der Waals surface area contributed by atoms with Crippen LogP contribution in [0.15, 0.2) is 30.5 Å². The van der Waals surface area contributed by atoms with Crippen LogP contribution in [0.1, 0.15) is 55.6 Å². The summed E-state index contributed by atoms with van der Waals surface area (Å²) in [5.74, 6) is -1.36. The van der Waals surface area contributed by atoms with E-state index < -0.39 is 35.8 Å². The molecule has 0 bridgehead atoms. The first kappa shape index (κ1) is 25.6. The molecule has 0 amide bonds. The van der Waals surface area contributed by atoms with E-state index in [4.69, 9.17) is 8.85 Å². The highest BCUT2D eigenvalue weighted by molar-refractivity contribution is 6.01. The summed E-state index contributed by atoms with van der Waals surface area (Å²) in [4.78, 5) is 17.1. The van der Waals surface area contributed by atoms with E-state index in [-0.39, 0.29) is 59.3 Å². The zero-order chi connectivity index (χ0) is 33.3. The van der Waals surface area contributed by atoms with Crippen molar-refractivity contribution in [1.29, 1.82) is 0 Å². The molecule has 44 heavy (non-hydrogen) atoms. The lowest BCUT2D eigenvalue weighted by Crippen LogP contribution is -2.46. The van der Waals surface area contributed by atoms with Crippen LogP contribution in [-0.4, -0.2) is 80.2 Å². The smallest absolute Gasteiger partial charge is 0.319 e. The van der Waals surface area contributed by atoms with Gasteiger partial charge in [-0.25, -0.2) is 13.2 Å². The highest BCUT2D eigenvalue weighted by Gasteiger charge is 2.49. The summed E-state index contributed by atoms with van der Waals surface area (Å²) >= 11 is 0. The fraction of sp³-hybridized carbons (Fsp3) is 0.485. The first-order valence-electron chi connectivity index (χ1n) is 16.6. The predicted octanol–water partition coefficient (Wildman–Crippen LogP) is 5.70. The molecule has 0 radical (unpaired) electrons. The Morgan fingerprint density at radius 3 is 2.82 bits per heavy atom. The molecule has 0 unspecified atom stereocenters. The lowest BCUT2D eigenvalue weighted by molar-refractivity contribution is 0.0447. The van der Waals surface area contributed by atoms with Gasteiger partial charge in [0.05, 0.1) is 16.5 Å². The van der Waals surface area contributed by atoms with Gasteiger partial charge >= 0.3 is 6.01 Å². The molecular weight excluding hydrogens is 571 g/mol. The summed E-state index contributed by atoms with van der Waals surface area (Å²) in [5.41, 5.74) is -2.41. The molecule has 5 heterocycles. The van der Waals surface area contributed by atoms with Gasteiger partial charge in [0.25, 0.3) is 0 Å². The highest BCUT2D eigenvalue weighted by Crippen LogP contribution is 2.42. The largest absolute Gasteiger partial charge is 0.508 e. The van der Waals surface area contributed by atoms with E-state index in [1.54, 1.807) is 11.8 Å². The number of aromatic hydroxyl groups is 1. The summed E-state index contributed by atoms with van der Waals surface area (Å²) in [6.45, 7) is 0.271. The third-order valence-electron chi connectivity index (χ3n) is 9.41. The fourth-order valence-corrected chi connectivity index (χ4v) is 7.41. The van der Waals surface area contributed by atoms with Crippen LogP contribution in [0.25, 0.3) is 32.9 Å². The van der Waals surface area contributed by atoms with Gasteiger partial charge in [0, 0.05) is 41.9 Å². The number of phenols is 1. The van der Waals surface area contributed by atoms with Crippen LogP contribution in [0.4, 0.5) is 19.0 Å². The molecule has 2 aromatic heterocycles. The zero-order valence-electron chi connectivity index (χ0n) is 27.4. The van der Waals surface area contributed by atoms with Crippen LogP contribution in [0.2, 0.25) is 0 Å². The number of piperidine rings is 1. The molecule has 3 aliphatic heterocycles. The number of fused-ring (bicyclic) bond motifs is 3. The molecule has 232 valence electrons. The molecule has 7 rings (SSSR count). The molecule has 3 atom stereocenters. The minimum atomic E-state index is -2.68. The molecule has 11 heteroatoms. The normalized spacial score (nSPS) is 27.0. The Morgan fingerprint density at radius 1 is 1.16 bits per heavy atom. The van der Waals surface area contributed by atoms with Crippen LogP contribution in [0.5, 0.6) is 11.8 Å². The lowest BCUT2D eigenvalue weighted by Gasteiger charge is -2.38. The predicted molar refractivity (Wildman–Crippen MR) is 162 cm³/mol. The Morgan fingerprint density at radius 2 is 2.00 bits per heavy atom. The molecule has 8 nitrogen and oxygen atoms in total. The SMILES string of the molecule is [2H]C([2H])([2H])[C@@]1(O)CCCN(c2nc(OC[C@@]34CCCN3C[C@H](F)C4)nc3c(F)c(-c4cc(O)cc5ccc(F)c(CC)c45)ncc23)C1. The fourth-order valence-electron chi connectivity index (χ4n) is 7.41. The van der Waals surface area contributed by atoms with Crippen molar-refractivity contribution < 1.29 is 32.2 Å². The second-order valence-electron chi connectivity index (χ2n) is 12.4. The number of pyridine rings is 1. The van der Waals surface area contributed by atoms with Gasteiger partial charge in [0.1, 0.15) is 41.4 Å². The molecule has 4 aromatic rings. The number of aromatic nitrogens is 3. The average molecular weight is 611 g/mol. The third kappa shape index (κ3) is 4.90. The van der Waals surface area contributed by atoms with Crippen molar-refractivity contribution in [2.75, 3.05) is 37.7 Å². The van der Waals surface area contributed by atoms with Gasteiger partial charge in [0.15, 0.2) is 5.82 Å². The number of ether oxygens (including phenoxy) is 1. The maximum atomic E-state index is 16.8. The number of β-amino-alcohol motifs (C(OH)–C–C–N with tert-alkyl or cyclic N) is 1. The average Bonchev–Trinajstić information content (AvgIpc) is 3.55. The molecule has 3 aliphatic rings. The molecule has 0 aliphatic carbocycles. The lowest BCUT2D eigenvalue weighted by atomic mass is 9.94.